The number of fused-ring (bicyclic) bond motifs is 2. The van der Waals surface area contributed by atoms with Crippen LogP contribution in [0.15, 0.2) is 0 Å². The summed E-state index contributed by atoms with van der Waals surface area (Å²) in [6.07, 6.45) is -12.3. The lowest BCUT2D eigenvalue weighted by Gasteiger charge is -2.51. The van der Waals surface area contributed by atoms with Crippen LogP contribution < -0.4 is 0 Å². The summed E-state index contributed by atoms with van der Waals surface area (Å²) < 4.78 is 82.8. The Labute approximate surface area is 546 Å². The van der Waals surface area contributed by atoms with Gasteiger partial charge in [0.1, 0.15) is 73.2 Å². The van der Waals surface area contributed by atoms with Crippen LogP contribution in [0.4, 0.5) is 0 Å². The summed E-state index contributed by atoms with van der Waals surface area (Å²) in [6, 6.07) is 0. The number of carbonyl (C=O) groups excluding carboxylic acids is 3. The van der Waals surface area contributed by atoms with E-state index in [4.69, 9.17) is 61.6 Å². The van der Waals surface area contributed by atoms with Crippen LogP contribution in [-0.4, -0.2) is 218 Å². The molecule has 6 fully saturated rings. The zero-order valence-corrected chi connectivity index (χ0v) is 56.5. The van der Waals surface area contributed by atoms with Crippen molar-refractivity contribution >= 4 is 17.9 Å². The lowest BCUT2D eigenvalue weighted by atomic mass is 9.95. The standard InChI is InChI=1S/C68H120O24/c1-9-12-15-17-19-20-24-28-32-37-46(69)86-57-42(6)82-65(55(78)53(57)76)90-59-44(8)84-68(63(88-48(71)39-34-27-22-18-16-13-10-2)62(59)92-64-54(77)51(74)49(72)40(4)80-64)89-58-43(7)83-67-61(56(58)79)87-47(70)38-33-29-25-21-23-26-31-36-45(35-30-14-11-3)85-66-60(91-67)52(75)50(73)41(5)81-66/h40-45,49-68,72-79H,9-39H2,1-8H3/t40-,41+,42-,43-,44-,45-,49-,50-,51+,52-,53-,54+,55+,56+,57-,58-,59-,60+,61+,62+,63+,64-,65-,66-,67-,68-/m0/s1. The number of aliphatic hydroxyl groups excluding tert-OH is 8. The normalized spacial score (nSPS) is 39.7. The van der Waals surface area contributed by atoms with Crippen molar-refractivity contribution in [1.29, 1.82) is 0 Å². The fraction of sp³-hybridized carbons (Fsp3) is 0.956. The second-order valence-corrected chi connectivity index (χ2v) is 27.0. The van der Waals surface area contributed by atoms with E-state index in [9.17, 15) is 55.2 Å². The number of esters is 3. The molecule has 6 saturated heterocycles. The maximum atomic E-state index is 14.3. The van der Waals surface area contributed by atoms with E-state index in [1.54, 1.807) is 20.8 Å². The molecule has 0 bridgehead atoms. The highest BCUT2D eigenvalue weighted by molar-refractivity contribution is 5.70. The van der Waals surface area contributed by atoms with Gasteiger partial charge in [-0.1, -0.05) is 168 Å². The smallest absolute Gasteiger partial charge is 0.306 e. The first-order valence-electron chi connectivity index (χ1n) is 35.8. The van der Waals surface area contributed by atoms with Gasteiger partial charge in [0.05, 0.1) is 36.6 Å². The minimum Gasteiger partial charge on any atom is -0.457 e. The molecular weight excluding hydrogens is 1200 g/mol. The summed E-state index contributed by atoms with van der Waals surface area (Å²) in [4.78, 5) is 41.4. The second kappa shape index (κ2) is 41.2. The van der Waals surface area contributed by atoms with Crippen molar-refractivity contribution in [3.8, 4) is 0 Å². The van der Waals surface area contributed by atoms with Gasteiger partial charge in [0.25, 0.3) is 0 Å². The SMILES string of the molecule is CCCCCCCCCCCC(=O)O[C@@H]1[C@@H](O)[C@@H](O)[C@H](O[C@@H]2[C@@H](O[C@@H]3O[C@@H](C)[C@H](O)[C@@H](O)[C@H]3O)[C@@H](OC(=O)CCCCCCCCC)[C@H](O[C@@H]3[C@@H](O)[C@H]4OC(=O)CCCCCCCCC[C@H](CCCCC)O[C@@H]5O[C@H](C)[C@H](O)[C@H](O)[C@H]5O[C@@H]4O[C@H]3C)O[C@H]2C)O[C@H]1C. The molecule has 0 aromatic heterocycles. The molecule has 92 heavy (non-hydrogen) atoms. The molecule has 24 nitrogen and oxygen atoms in total. The number of rotatable bonds is 30. The van der Waals surface area contributed by atoms with Crippen LogP contribution in [0.5, 0.6) is 0 Å². The van der Waals surface area contributed by atoms with Gasteiger partial charge in [0.15, 0.2) is 49.8 Å². The van der Waals surface area contributed by atoms with Gasteiger partial charge in [-0.05, 0) is 66.7 Å². The van der Waals surface area contributed by atoms with E-state index in [0.29, 0.717) is 32.1 Å². The van der Waals surface area contributed by atoms with E-state index in [0.717, 1.165) is 122 Å². The van der Waals surface area contributed by atoms with Crippen molar-refractivity contribution < 1.29 is 117 Å². The van der Waals surface area contributed by atoms with Gasteiger partial charge in [-0.25, -0.2) is 0 Å². The fourth-order valence-electron chi connectivity index (χ4n) is 13.3. The van der Waals surface area contributed by atoms with Crippen molar-refractivity contribution in [1.82, 2.24) is 0 Å². The van der Waals surface area contributed by atoms with Crippen LogP contribution in [0.3, 0.4) is 0 Å². The van der Waals surface area contributed by atoms with Gasteiger partial charge in [-0.15, -0.1) is 0 Å². The summed E-state index contributed by atoms with van der Waals surface area (Å²) in [5.74, 6) is -2.00. The summed E-state index contributed by atoms with van der Waals surface area (Å²) >= 11 is 0. The Morgan fingerprint density at radius 3 is 1.42 bits per heavy atom. The molecule has 6 rings (SSSR count). The first-order chi connectivity index (χ1) is 44.2. The molecular formula is C68H120O24. The highest BCUT2D eigenvalue weighted by Gasteiger charge is 2.58. The summed E-state index contributed by atoms with van der Waals surface area (Å²) in [7, 11) is 0. The fourth-order valence-corrected chi connectivity index (χ4v) is 13.3. The Hall–Kier alpha value is -2.31. The molecule has 6 aliphatic heterocycles. The second-order valence-electron chi connectivity index (χ2n) is 27.0. The van der Waals surface area contributed by atoms with Crippen molar-refractivity contribution in [3.05, 3.63) is 0 Å². The number of carbonyl (C=O) groups is 3. The molecule has 6 aliphatic rings. The largest absolute Gasteiger partial charge is 0.457 e. The van der Waals surface area contributed by atoms with Crippen LogP contribution >= 0.6 is 0 Å². The number of hydrogen-bond acceptors (Lipinski definition) is 24. The zero-order chi connectivity index (χ0) is 66.9. The molecule has 26 atom stereocenters. The third-order valence-electron chi connectivity index (χ3n) is 19.1. The van der Waals surface area contributed by atoms with Crippen LogP contribution in [0.1, 0.15) is 254 Å². The lowest BCUT2D eigenvalue weighted by molar-refractivity contribution is -0.399. The van der Waals surface area contributed by atoms with Gasteiger partial charge in [0, 0.05) is 19.3 Å². The van der Waals surface area contributed by atoms with E-state index in [2.05, 4.69) is 20.8 Å². The average Bonchev–Trinajstić information content (AvgIpc) is 0.775. The van der Waals surface area contributed by atoms with Crippen LogP contribution in [-0.2, 0) is 76.0 Å². The molecule has 8 N–H and O–H groups in total. The summed E-state index contributed by atoms with van der Waals surface area (Å²) in [6.45, 7) is 14.1. The molecule has 6 heterocycles. The van der Waals surface area contributed by atoms with Crippen LogP contribution in [0.2, 0.25) is 0 Å². The molecule has 0 aromatic carbocycles. The molecule has 0 aliphatic carbocycles. The van der Waals surface area contributed by atoms with E-state index in [1.165, 1.54) is 39.5 Å². The molecule has 0 spiro atoms. The Morgan fingerprint density at radius 2 is 0.815 bits per heavy atom. The molecule has 0 amide bonds. The van der Waals surface area contributed by atoms with Gasteiger partial charge in [-0.3, -0.25) is 14.4 Å². The molecule has 0 radical (unpaired) electrons. The lowest BCUT2D eigenvalue weighted by Crippen LogP contribution is -2.68. The maximum absolute atomic E-state index is 14.3. The summed E-state index contributed by atoms with van der Waals surface area (Å²) in [5.41, 5.74) is 0. The van der Waals surface area contributed by atoms with Gasteiger partial charge >= 0.3 is 17.9 Å². The molecule has 536 valence electrons. The maximum Gasteiger partial charge on any atom is 0.306 e. The average molecular weight is 1320 g/mol. The van der Waals surface area contributed by atoms with Crippen LogP contribution in [0.25, 0.3) is 0 Å². The monoisotopic (exact) mass is 1320 g/mol. The molecule has 0 saturated carbocycles. The van der Waals surface area contributed by atoms with E-state index in [-0.39, 0.29) is 25.4 Å². The van der Waals surface area contributed by atoms with E-state index < -0.39 is 171 Å². The molecule has 0 unspecified atom stereocenters. The van der Waals surface area contributed by atoms with Crippen LogP contribution in [0, 0.1) is 0 Å². The Kier molecular flexibility index (Phi) is 35.2. The number of unbranched alkanes of at least 4 members (excludes halogenated alkanes) is 16. The van der Waals surface area contributed by atoms with Gasteiger partial charge < -0.3 is 102 Å². The minimum absolute atomic E-state index is 0.0200. The quantitative estimate of drug-likeness (QED) is 0.0197. The number of ether oxygens (including phenoxy) is 13. The minimum atomic E-state index is -1.90. The topological polar surface area (TPSA) is 333 Å². The van der Waals surface area contributed by atoms with Gasteiger partial charge in [0.2, 0.25) is 0 Å². The molecule has 24 heteroatoms. The third kappa shape index (κ3) is 23.7. The number of aliphatic hydroxyl groups is 8. The Balaban J connectivity index is 1.30. The van der Waals surface area contributed by atoms with Crippen molar-refractivity contribution in [3.63, 3.8) is 0 Å². The predicted octanol–water partition coefficient (Wildman–Crippen LogP) is 7.43. The van der Waals surface area contributed by atoms with E-state index >= 15 is 0 Å². The highest BCUT2D eigenvalue weighted by atomic mass is 16.8. The van der Waals surface area contributed by atoms with E-state index in [1.807, 2.05) is 0 Å². The molecule has 0 aromatic rings. The number of hydrogen-bond donors (Lipinski definition) is 8. The highest BCUT2D eigenvalue weighted by Crippen LogP contribution is 2.40. The zero-order valence-electron chi connectivity index (χ0n) is 56.5. The van der Waals surface area contributed by atoms with Crippen molar-refractivity contribution in [2.24, 2.45) is 0 Å². The van der Waals surface area contributed by atoms with Crippen molar-refractivity contribution in [2.45, 2.75) is 414 Å². The first-order valence-corrected chi connectivity index (χ1v) is 35.8. The first kappa shape index (κ1) is 78.7. The Morgan fingerprint density at radius 1 is 0.380 bits per heavy atom. The summed E-state index contributed by atoms with van der Waals surface area (Å²) in [5, 5.41) is 92.5. The van der Waals surface area contributed by atoms with Crippen molar-refractivity contribution in [2.75, 3.05) is 0 Å². The predicted molar refractivity (Wildman–Crippen MR) is 334 cm³/mol. The third-order valence-corrected chi connectivity index (χ3v) is 19.1. The Bertz CT molecular complexity index is 2060. The van der Waals surface area contributed by atoms with Gasteiger partial charge in [-0.2, -0.15) is 0 Å².